The molecule has 5 nitrogen and oxygen atoms in total. The highest BCUT2D eigenvalue weighted by molar-refractivity contribution is 7.09. The van der Waals surface area contributed by atoms with Gasteiger partial charge in [-0.3, -0.25) is 4.79 Å². The molecule has 0 bridgehead atoms. The molecule has 1 fully saturated rings. The molecule has 1 atom stereocenters. The first-order valence-electron chi connectivity index (χ1n) is 7.82. The van der Waals surface area contributed by atoms with Crippen molar-refractivity contribution in [3.05, 3.63) is 45.9 Å². The van der Waals surface area contributed by atoms with Gasteiger partial charge in [0.15, 0.2) is 0 Å². The number of amides is 1. The molecule has 1 aromatic carbocycles. The van der Waals surface area contributed by atoms with Gasteiger partial charge in [-0.15, -0.1) is 11.3 Å². The van der Waals surface area contributed by atoms with Crippen molar-refractivity contribution in [3.63, 3.8) is 0 Å². The minimum absolute atomic E-state index is 0.0351. The number of nitrogens with two attached hydrogens (primary N) is 1. The maximum atomic E-state index is 12.7. The zero-order valence-corrected chi connectivity index (χ0v) is 14.0. The first kappa shape index (κ1) is 16.0. The predicted octanol–water partition coefficient (Wildman–Crippen LogP) is 2.59. The zero-order valence-electron chi connectivity index (χ0n) is 13.2. The summed E-state index contributed by atoms with van der Waals surface area (Å²) < 4.78 is 5.76. The molecule has 1 aliphatic rings. The number of benzene rings is 1. The Morgan fingerprint density at radius 2 is 2.39 bits per heavy atom. The van der Waals surface area contributed by atoms with Crippen LogP contribution in [0.4, 0.5) is 0 Å². The van der Waals surface area contributed by atoms with Crippen LogP contribution in [-0.2, 0) is 6.61 Å². The lowest BCUT2D eigenvalue weighted by Crippen LogP contribution is -2.39. The molecule has 0 saturated carbocycles. The van der Waals surface area contributed by atoms with Gasteiger partial charge in [-0.2, -0.15) is 0 Å². The third kappa shape index (κ3) is 3.71. The molecule has 2 aromatic rings. The molecule has 0 radical (unpaired) electrons. The van der Waals surface area contributed by atoms with E-state index < -0.39 is 0 Å². The molecule has 1 unspecified atom stereocenters. The van der Waals surface area contributed by atoms with Gasteiger partial charge in [0.2, 0.25) is 0 Å². The minimum Gasteiger partial charge on any atom is -0.487 e. The standard InChI is InChI=1S/C17H21N3O2S/c1-12-19-14(11-23-12)10-22-16-6-2-4-13(8-16)17(21)20-7-3-5-15(20)9-18/h2,4,6,8,11,15H,3,5,7,9-10,18H2,1H3. The molecular formula is C17H21N3O2S. The van der Waals surface area contributed by atoms with Gasteiger partial charge in [0.25, 0.3) is 5.91 Å². The number of carbonyl (C=O) groups excluding carboxylic acids is 1. The highest BCUT2D eigenvalue weighted by atomic mass is 32.1. The average Bonchev–Trinajstić information content (AvgIpc) is 3.21. The van der Waals surface area contributed by atoms with Crippen molar-refractivity contribution < 1.29 is 9.53 Å². The van der Waals surface area contributed by atoms with E-state index in [0.29, 0.717) is 24.5 Å². The van der Waals surface area contributed by atoms with Crippen LogP contribution >= 0.6 is 11.3 Å². The van der Waals surface area contributed by atoms with Crippen molar-refractivity contribution in [1.29, 1.82) is 0 Å². The summed E-state index contributed by atoms with van der Waals surface area (Å²) in [6.07, 6.45) is 2.01. The van der Waals surface area contributed by atoms with Gasteiger partial charge < -0.3 is 15.4 Å². The monoisotopic (exact) mass is 331 g/mol. The van der Waals surface area contributed by atoms with Crippen LogP contribution in [0.15, 0.2) is 29.6 Å². The van der Waals surface area contributed by atoms with E-state index in [1.807, 2.05) is 35.4 Å². The SMILES string of the molecule is Cc1nc(COc2cccc(C(=O)N3CCCC3CN)c2)cs1. The number of nitrogens with zero attached hydrogens (tertiary/aromatic N) is 2. The van der Waals surface area contributed by atoms with Gasteiger partial charge in [0, 0.05) is 30.1 Å². The molecule has 1 aromatic heterocycles. The fourth-order valence-electron chi connectivity index (χ4n) is 2.86. The Kier molecular flexibility index (Phi) is 4.93. The number of rotatable bonds is 5. The third-order valence-electron chi connectivity index (χ3n) is 4.04. The van der Waals surface area contributed by atoms with E-state index in [2.05, 4.69) is 4.98 Å². The number of thiazole rings is 1. The van der Waals surface area contributed by atoms with E-state index in [0.717, 1.165) is 30.1 Å². The Morgan fingerprint density at radius 1 is 1.52 bits per heavy atom. The van der Waals surface area contributed by atoms with Crippen LogP contribution in [0.5, 0.6) is 5.75 Å². The van der Waals surface area contributed by atoms with Crippen LogP contribution < -0.4 is 10.5 Å². The topological polar surface area (TPSA) is 68.5 Å². The van der Waals surface area contributed by atoms with Crippen LogP contribution in [0.25, 0.3) is 0 Å². The Bertz CT molecular complexity index is 686. The summed E-state index contributed by atoms with van der Waals surface area (Å²) in [7, 11) is 0. The fraction of sp³-hybridized carbons (Fsp3) is 0.412. The molecule has 1 saturated heterocycles. The van der Waals surface area contributed by atoms with Gasteiger partial charge >= 0.3 is 0 Å². The van der Waals surface area contributed by atoms with Crippen LogP contribution in [0.1, 0.15) is 33.9 Å². The summed E-state index contributed by atoms with van der Waals surface area (Å²) in [6, 6.07) is 7.50. The van der Waals surface area contributed by atoms with Crippen LogP contribution in [-0.4, -0.2) is 34.9 Å². The lowest BCUT2D eigenvalue weighted by molar-refractivity contribution is 0.0740. The predicted molar refractivity (Wildman–Crippen MR) is 90.7 cm³/mol. The van der Waals surface area contributed by atoms with Crippen molar-refractivity contribution in [2.45, 2.75) is 32.4 Å². The van der Waals surface area contributed by atoms with Crippen LogP contribution in [0, 0.1) is 6.92 Å². The van der Waals surface area contributed by atoms with Crippen LogP contribution in [0.2, 0.25) is 0 Å². The molecule has 1 amide bonds. The molecule has 3 rings (SSSR count). The smallest absolute Gasteiger partial charge is 0.254 e. The Morgan fingerprint density at radius 3 is 3.13 bits per heavy atom. The number of likely N-dealkylation sites (tertiary alicyclic amines) is 1. The zero-order chi connectivity index (χ0) is 16.2. The maximum Gasteiger partial charge on any atom is 0.254 e. The lowest BCUT2D eigenvalue weighted by atomic mass is 10.1. The largest absolute Gasteiger partial charge is 0.487 e. The molecular weight excluding hydrogens is 310 g/mol. The second kappa shape index (κ2) is 7.10. The number of ether oxygens (including phenoxy) is 1. The average molecular weight is 331 g/mol. The third-order valence-corrected chi connectivity index (χ3v) is 4.87. The van der Waals surface area contributed by atoms with Crippen molar-refractivity contribution >= 4 is 17.2 Å². The molecule has 2 N–H and O–H groups in total. The number of hydrogen-bond acceptors (Lipinski definition) is 5. The van der Waals surface area contributed by atoms with Crippen molar-refractivity contribution in [3.8, 4) is 5.75 Å². The maximum absolute atomic E-state index is 12.7. The molecule has 0 aliphatic carbocycles. The quantitative estimate of drug-likeness (QED) is 0.914. The molecule has 6 heteroatoms. The van der Waals surface area contributed by atoms with Gasteiger partial charge in [-0.05, 0) is 38.0 Å². The summed E-state index contributed by atoms with van der Waals surface area (Å²) >= 11 is 1.60. The van der Waals surface area contributed by atoms with Gasteiger partial charge in [-0.1, -0.05) is 6.07 Å². The summed E-state index contributed by atoms with van der Waals surface area (Å²) in [6.45, 7) is 3.68. The summed E-state index contributed by atoms with van der Waals surface area (Å²) in [5, 5.41) is 3.01. The Labute approximate surface area is 140 Å². The molecule has 122 valence electrons. The van der Waals surface area contributed by atoms with E-state index >= 15 is 0 Å². The Hall–Kier alpha value is -1.92. The minimum atomic E-state index is 0.0351. The van der Waals surface area contributed by atoms with Gasteiger partial charge in [0.1, 0.15) is 12.4 Å². The summed E-state index contributed by atoms with van der Waals surface area (Å²) in [4.78, 5) is 18.9. The second-order valence-electron chi connectivity index (χ2n) is 5.70. The normalized spacial score (nSPS) is 17.5. The summed E-state index contributed by atoms with van der Waals surface area (Å²) in [5.74, 6) is 0.720. The lowest BCUT2D eigenvalue weighted by Gasteiger charge is -2.23. The van der Waals surface area contributed by atoms with Crippen molar-refractivity contribution in [2.75, 3.05) is 13.1 Å². The second-order valence-corrected chi connectivity index (χ2v) is 6.77. The van der Waals surface area contributed by atoms with E-state index in [1.165, 1.54) is 0 Å². The van der Waals surface area contributed by atoms with Gasteiger partial charge in [-0.25, -0.2) is 4.98 Å². The highest BCUT2D eigenvalue weighted by Crippen LogP contribution is 2.22. The first-order valence-corrected chi connectivity index (χ1v) is 8.70. The number of hydrogen-bond donors (Lipinski definition) is 1. The van der Waals surface area contributed by atoms with Gasteiger partial charge in [0.05, 0.1) is 10.7 Å². The summed E-state index contributed by atoms with van der Waals surface area (Å²) in [5.41, 5.74) is 7.32. The van der Waals surface area contributed by atoms with Crippen molar-refractivity contribution in [1.82, 2.24) is 9.88 Å². The Balaban J connectivity index is 1.68. The van der Waals surface area contributed by atoms with E-state index in [9.17, 15) is 4.79 Å². The fourth-order valence-corrected chi connectivity index (χ4v) is 3.46. The number of aromatic nitrogens is 1. The van der Waals surface area contributed by atoms with E-state index in [4.69, 9.17) is 10.5 Å². The molecule has 23 heavy (non-hydrogen) atoms. The van der Waals surface area contributed by atoms with Crippen LogP contribution in [0.3, 0.4) is 0 Å². The number of aryl methyl sites for hydroxylation is 1. The van der Waals surface area contributed by atoms with E-state index in [1.54, 1.807) is 17.4 Å². The first-order chi connectivity index (χ1) is 11.2. The molecule has 1 aliphatic heterocycles. The van der Waals surface area contributed by atoms with Crippen molar-refractivity contribution in [2.24, 2.45) is 5.73 Å². The number of carbonyl (C=O) groups is 1. The highest BCUT2D eigenvalue weighted by Gasteiger charge is 2.28. The molecule has 2 heterocycles. The molecule has 0 spiro atoms. The van der Waals surface area contributed by atoms with E-state index in [-0.39, 0.29) is 11.9 Å².